The number of morpholine rings is 1. The van der Waals surface area contributed by atoms with Gasteiger partial charge < -0.3 is 9.64 Å². The summed E-state index contributed by atoms with van der Waals surface area (Å²) in [6.45, 7) is 5.57. The Labute approximate surface area is 135 Å². The quantitative estimate of drug-likeness (QED) is 0.742. The van der Waals surface area contributed by atoms with Crippen molar-refractivity contribution in [2.75, 3.05) is 29.1 Å². The molecule has 1 heterocycles. The summed E-state index contributed by atoms with van der Waals surface area (Å²) in [5.74, 6) is 0.201. The van der Waals surface area contributed by atoms with E-state index in [1.54, 1.807) is 12.1 Å². The van der Waals surface area contributed by atoms with Crippen molar-refractivity contribution in [2.24, 2.45) is 0 Å². The molecule has 0 aromatic heterocycles. The van der Waals surface area contributed by atoms with E-state index >= 15 is 0 Å². The van der Waals surface area contributed by atoms with E-state index in [0.717, 1.165) is 24.1 Å². The van der Waals surface area contributed by atoms with Crippen molar-refractivity contribution in [3.63, 3.8) is 0 Å². The summed E-state index contributed by atoms with van der Waals surface area (Å²) in [6.07, 6.45) is 0.972. The van der Waals surface area contributed by atoms with E-state index in [1.807, 2.05) is 19.1 Å². The van der Waals surface area contributed by atoms with Crippen molar-refractivity contribution < 1.29 is 13.2 Å². The number of hydrogen-bond donors (Lipinski definition) is 0. The first-order valence-corrected chi connectivity index (χ1v) is 10.0. The second kappa shape index (κ2) is 7.11. The highest BCUT2D eigenvalue weighted by molar-refractivity contribution is 9.09. The van der Waals surface area contributed by atoms with Crippen molar-refractivity contribution >= 4 is 31.5 Å². The molecule has 1 saturated heterocycles. The van der Waals surface area contributed by atoms with E-state index in [0.29, 0.717) is 11.3 Å². The Balaban J connectivity index is 2.15. The van der Waals surface area contributed by atoms with Gasteiger partial charge in [0.05, 0.1) is 22.9 Å². The number of rotatable bonds is 5. The Morgan fingerprint density at radius 3 is 2.52 bits per heavy atom. The van der Waals surface area contributed by atoms with E-state index in [-0.39, 0.29) is 18.0 Å². The monoisotopic (exact) mass is 375 g/mol. The zero-order valence-electron chi connectivity index (χ0n) is 12.5. The van der Waals surface area contributed by atoms with Crippen LogP contribution in [0, 0.1) is 0 Å². The molecule has 4 nitrogen and oxygen atoms in total. The number of benzene rings is 1. The predicted molar refractivity (Wildman–Crippen MR) is 89.1 cm³/mol. The normalized spacial score (nSPS) is 23.3. The first-order valence-electron chi connectivity index (χ1n) is 7.25. The van der Waals surface area contributed by atoms with E-state index < -0.39 is 9.84 Å². The molecule has 0 N–H and O–H groups in total. The molecule has 118 valence electrons. The van der Waals surface area contributed by atoms with Gasteiger partial charge in [0.1, 0.15) is 0 Å². The molecule has 0 amide bonds. The number of nitrogens with zero attached hydrogens (tertiary/aromatic N) is 1. The van der Waals surface area contributed by atoms with Crippen LogP contribution in [0.15, 0.2) is 29.2 Å². The maximum atomic E-state index is 12.0. The summed E-state index contributed by atoms with van der Waals surface area (Å²) >= 11 is 3.46. The van der Waals surface area contributed by atoms with Gasteiger partial charge in [0.15, 0.2) is 9.84 Å². The zero-order valence-corrected chi connectivity index (χ0v) is 14.9. The highest BCUT2D eigenvalue weighted by atomic mass is 79.9. The van der Waals surface area contributed by atoms with Crippen molar-refractivity contribution in [1.82, 2.24) is 0 Å². The van der Waals surface area contributed by atoms with Crippen LogP contribution in [0.25, 0.3) is 0 Å². The smallest absolute Gasteiger partial charge is 0.178 e. The highest BCUT2D eigenvalue weighted by Gasteiger charge is 2.25. The first-order chi connectivity index (χ1) is 9.96. The van der Waals surface area contributed by atoms with E-state index in [9.17, 15) is 8.42 Å². The lowest BCUT2D eigenvalue weighted by atomic mass is 10.2. The van der Waals surface area contributed by atoms with Crippen LogP contribution in [0.5, 0.6) is 0 Å². The van der Waals surface area contributed by atoms with Gasteiger partial charge in [-0.25, -0.2) is 8.42 Å². The molecule has 21 heavy (non-hydrogen) atoms. The third-order valence-electron chi connectivity index (χ3n) is 3.53. The van der Waals surface area contributed by atoms with Crippen molar-refractivity contribution in [3.05, 3.63) is 24.3 Å². The van der Waals surface area contributed by atoms with Crippen molar-refractivity contribution in [1.29, 1.82) is 0 Å². The molecule has 0 aliphatic carbocycles. The number of anilines is 1. The Morgan fingerprint density at radius 1 is 1.29 bits per heavy atom. The third kappa shape index (κ3) is 4.20. The second-order valence-corrected chi connectivity index (χ2v) is 8.20. The molecule has 0 saturated carbocycles. The maximum absolute atomic E-state index is 12.0. The van der Waals surface area contributed by atoms with Gasteiger partial charge in [-0.05, 0) is 37.6 Å². The molecule has 2 atom stereocenters. The lowest BCUT2D eigenvalue weighted by molar-refractivity contribution is -0.00199. The Bertz CT molecular complexity index is 559. The predicted octanol–water partition coefficient (Wildman–Crippen LogP) is 2.86. The average Bonchev–Trinajstić information content (AvgIpc) is 2.46. The molecule has 1 fully saturated rings. The van der Waals surface area contributed by atoms with Crippen LogP contribution in [-0.4, -0.2) is 44.8 Å². The molecule has 2 unspecified atom stereocenters. The first kappa shape index (κ1) is 16.8. The molecular weight excluding hydrogens is 354 g/mol. The van der Waals surface area contributed by atoms with Gasteiger partial charge in [-0.3, -0.25) is 0 Å². The summed E-state index contributed by atoms with van der Waals surface area (Å²) in [5, 5.41) is 0.802. The third-order valence-corrected chi connectivity index (χ3v) is 6.19. The fourth-order valence-electron chi connectivity index (χ4n) is 2.59. The van der Waals surface area contributed by atoms with E-state index in [1.165, 1.54) is 0 Å². The number of hydrogen-bond acceptors (Lipinski definition) is 4. The van der Waals surface area contributed by atoms with Gasteiger partial charge in [-0.1, -0.05) is 22.9 Å². The lowest BCUT2D eigenvalue weighted by Gasteiger charge is -2.37. The van der Waals surface area contributed by atoms with Gasteiger partial charge in [0.25, 0.3) is 0 Å². The molecule has 0 bridgehead atoms. The SMILES string of the molecule is CCCS(=O)(=O)c1ccc(N2CC(C)OC(CBr)C2)cc1. The molecule has 1 aliphatic heterocycles. The van der Waals surface area contributed by atoms with Crippen molar-refractivity contribution in [3.8, 4) is 0 Å². The zero-order chi connectivity index (χ0) is 15.5. The largest absolute Gasteiger partial charge is 0.371 e. The van der Waals surface area contributed by atoms with Crippen LogP contribution >= 0.6 is 15.9 Å². The van der Waals surface area contributed by atoms with Crippen LogP contribution in [0.1, 0.15) is 20.3 Å². The Hall–Kier alpha value is -0.590. The highest BCUT2D eigenvalue weighted by Crippen LogP contribution is 2.23. The van der Waals surface area contributed by atoms with Gasteiger partial charge in [0, 0.05) is 24.1 Å². The Morgan fingerprint density at radius 2 is 1.95 bits per heavy atom. The fourth-order valence-corrected chi connectivity index (χ4v) is 4.27. The minimum Gasteiger partial charge on any atom is -0.371 e. The summed E-state index contributed by atoms with van der Waals surface area (Å²) in [4.78, 5) is 2.66. The lowest BCUT2D eigenvalue weighted by Crippen LogP contribution is -2.47. The number of ether oxygens (including phenoxy) is 1. The summed E-state index contributed by atoms with van der Waals surface area (Å²) in [7, 11) is -3.13. The molecule has 1 aromatic rings. The molecular formula is C15H22BrNO3S. The van der Waals surface area contributed by atoms with Crippen molar-refractivity contribution in [2.45, 2.75) is 37.4 Å². The van der Waals surface area contributed by atoms with Gasteiger partial charge in [0.2, 0.25) is 0 Å². The number of alkyl halides is 1. The molecule has 6 heteroatoms. The molecule has 1 aliphatic rings. The molecule has 0 radical (unpaired) electrons. The topological polar surface area (TPSA) is 46.6 Å². The van der Waals surface area contributed by atoms with Gasteiger partial charge in [-0.2, -0.15) is 0 Å². The minimum atomic E-state index is -3.13. The number of sulfone groups is 1. The van der Waals surface area contributed by atoms with E-state index in [2.05, 4.69) is 27.8 Å². The maximum Gasteiger partial charge on any atom is 0.178 e. The van der Waals surface area contributed by atoms with Crippen LogP contribution in [-0.2, 0) is 14.6 Å². The van der Waals surface area contributed by atoms with Gasteiger partial charge >= 0.3 is 0 Å². The number of halogens is 1. The van der Waals surface area contributed by atoms with Crippen LogP contribution in [0.2, 0.25) is 0 Å². The second-order valence-electron chi connectivity index (χ2n) is 5.44. The standard InChI is InChI=1S/C15H22BrNO3S/c1-3-8-21(18,19)15-6-4-13(5-7-15)17-10-12(2)20-14(9-16)11-17/h4-7,12,14H,3,8-11H2,1-2H3. The van der Waals surface area contributed by atoms with Crippen LogP contribution < -0.4 is 4.90 Å². The van der Waals surface area contributed by atoms with E-state index in [4.69, 9.17) is 4.74 Å². The van der Waals surface area contributed by atoms with Crippen LogP contribution in [0.3, 0.4) is 0 Å². The summed E-state index contributed by atoms with van der Waals surface area (Å²) < 4.78 is 29.9. The fraction of sp³-hybridized carbons (Fsp3) is 0.600. The molecule has 2 rings (SSSR count). The summed E-state index contributed by atoms with van der Waals surface area (Å²) in [5.41, 5.74) is 1.05. The Kier molecular flexibility index (Phi) is 5.68. The molecule has 1 aromatic carbocycles. The van der Waals surface area contributed by atoms with Gasteiger partial charge in [-0.15, -0.1) is 0 Å². The molecule has 0 spiro atoms. The average molecular weight is 376 g/mol. The minimum absolute atomic E-state index is 0.164. The van der Waals surface area contributed by atoms with Crippen LogP contribution in [0.4, 0.5) is 5.69 Å². The summed E-state index contributed by atoms with van der Waals surface area (Å²) in [6, 6.07) is 7.21.